The first-order valence-corrected chi connectivity index (χ1v) is 4.97. The molecular formula is C11H16N2O3. The minimum absolute atomic E-state index is 0.325. The number of carbonyl (C=O) groups excluding carboxylic acids is 1. The molecule has 0 spiro atoms. The molecule has 0 fully saturated rings. The molecule has 0 saturated carbocycles. The van der Waals surface area contributed by atoms with Crippen LogP contribution in [0.15, 0.2) is 18.3 Å². The maximum atomic E-state index is 11.7. The molecule has 88 valence electrons. The Kier molecular flexibility index (Phi) is 3.98. The van der Waals surface area contributed by atoms with Crippen molar-refractivity contribution in [2.75, 3.05) is 13.2 Å². The van der Waals surface area contributed by atoms with Crippen molar-refractivity contribution >= 4 is 5.91 Å². The molecule has 1 heterocycles. The Morgan fingerprint density at radius 2 is 2.06 bits per heavy atom. The number of aliphatic hydroxyl groups excluding tert-OH is 2. The zero-order chi connectivity index (χ0) is 12.2. The number of hydrogen-bond acceptors (Lipinski definition) is 4. The van der Waals surface area contributed by atoms with Crippen LogP contribution in [0.1, 0.15) is 23.0 Å². The van der Waals surface area contributed by atoms with Crippen molar-refractivity contribution in [1.29, 1.82) is 0 Å². The number of aromatic nitrogens is 1. The zero-order valence-electron chi connectivity index (χ0n) is 9.40. The number of rotatable bonds is 4. The smallest absolute Gasteiger partial charge is 0.253 e. The highest BCUT2D eigenvalue weighted by molar-refractivity contribution is 5.94. The van der Waals surface area contributed by atoms with Gasteiger partial charge in [0.1, 0.15) is 0 Å². The predicted molar refractivity (Wildman–Crippen MR) is 59.0 cm³/mol. The second kappa shape index (κ2) is 5.05. The lowest BCUT2D eigenvalue weighted by molar-refractivity contribution is 0.0723. The van der Waals surface area contributed by atoms with Crippen LogP contribution in [-0.2, 0) is 0 Å². The summed E-state index contributed by atoms with van der Waals surface area (Å²) in [4.78, 5) is 15.7. The minimum Gasteiger partial charge on any atom is -0.394 e. The van der Waals surface area contributed by atoms with Crippen molar-refractivity contribution in [3.8, 4) is 0 Å². The van der Waals surface area contributed by atoms with E-state index in [1.165, 1.54) is 6.20 Å². The van der Waals surface area contributed by atoms with Gasteiger partial charge in [-0.1, -0.05) is 0 Å². The van der Waals surface area contributed by atoms with E-state index in [1.807, 2.05) is 6.92 Å². The molecule has 1 rings (SSSR count). The number of nitrogens with zero attached hydrogens (tertiary/aromatic N) is 1. The van der Waals surface area contributed by atoms with E-state index in [4.69, 9.17) is 10.2 Å². The van der Waals surface area contributed by atoms with Crippen LogP contribution in [-0.4, -0.2) is 39.9 Å². The van der Waals surface area contributed by atoms with E-state index in [-0.39, 0.29) is 19.1 Å². The van der Waals surface area contributed by atoms with Gasteiger partial charge in [0, 0.05) is 11.9 Å². The van der Waals surface area contributed by atoms with E-state index in [0.29, 0.717) is 5.56 Å². The van der Waals surface area contributed by atoms with E-state index in [0.717, 1.165) is 5.69 Å². The van der Waals surface area contributed by atoms with Crippen LogP contribution in [0.5, 0.6) is 0 Å². The van der Waals surface area contributed by atoms with E-state index in [2.05, 4.69) is 10.3 Å². The summed E-state index contributed by atoms with van der Waals surface area (Å²) in [6.45, 7) is 2.74. The fraction of sp³-hybridized carbons (Fsp3) is 0.455. The van der Waals surface area contributed by atoms with Crippen molar-refractivity contribution in [3.05, 3.63) is 29.6 Å². The highest BCUT2D eigenvalue weighted by Crippen LogP contribution is 2.05. The van der Waals surface area contributed by atoms with Gasteiger partial charge in [-0.05, 0) is 26.0 Å². The number of pyridine rings is 1. The molecule has 16 heavy (non-hydrogen) atoms. The monoisotopic (exact) mass is 224 g/mol. The zero-order valence-corrected chi connectivity index (χ0v) is 9.40. The normalized spacial score (nSPS) is 11.2. The Morgan fingerprint density at radius 1 is 1.44 bits per heavy atom. The molecule has 0 bridgehead atoms. The molecule has 1 aromatic rings. The molecule has 0 aliphatic carbocycles. The predicted octanol–water partition coefficient (Wildman–Crippen LogP) is -0.137. The summed E-state index contributed by atoms with van der Waals surface area (Å²) in [5, 5.41) is 20.6. The van der Waals surface area contributed by atoms with Gasteiger partial charge < -0.3 is 15.5 Å². The average molecular weight is 224 g/mol. The van der Waals surface area contributed by atoms with E-state index >= 15 is 0 Å². The van der Waals surface area contributed by atoms with E-state index in [1.54, 1.807) is 19.1 Å². The lowest BCUT2D eigenvalue weighted by atomic mass is 10.0. The van der Waals surface area contributed by atoms with E-state index < -0.39 is 5.54 Å². The molecule has 0 aliphatic rings. The Morgan fingerprint density at radius 3 is 2.50 bits per heavy atom. The molecule has 0 unspecified atom stereocenters. The average Bonchev–Trinajstić information content (AvgIpc) is 2.29. The molecule has 0 aliphatic heterocycles. The van der Waals surface area contributed by atoms with Gasteiger partial charge in [-0.2, -0.15) is 0 Å². The molecule has 0 radical (unpaired) electrons. The van der Waals surface area contributed by atoms with Gasteiger partial charge in [0.05, 0.1) is 24.3 Å². The molecule has 0 aromatic carbocycles. The van der Waals surface area contributed by atoms with E-state index in [9.17, 15) is 4.79 Å². The molecule has 5 heteroatoms. The largest absolute Gasteiger partial charge is 0.394 e. The topological polar surface area (TPSA) is 82.5 Å². The van der Waals surface area contributed by atoms with Crippen LogP contribution in [0, 0.1) is 6.92 Å². The third-order valence-electron chi connectivity index (χ3n) is 2.29. The highest BCUT2D eigenvalue weighted by Gasteiger charge is 2.25. The molecular weight excluding hydrogens is 208 g/mol. The van der Waals surface area contributed by atoms with Crippen molar-refractivity contribution in [2.45, 2.75) is 19.4 Å². The Balaban J connectivity index is 2.76. The SMILES string of the molecule is Cc1ccc(C(=O)NC(C)(CO)CO)cn1. The van der Waals surface area contributed by atoms with Gasteiger partial charge in [-0.3, -0.25) is 9.78 Å². The third kappa shape index (κ3) is 3.01. The molecule has 0 saturated heterocycles. The van der Waals surface area contributed by atoms with Crippen LogP contribution < -0.4 is 5.32 Å². The van der Waals surface area contributed by atoms with Gasteiger partial charge >= 0.3 is 0 Å². The summed E-state index contributed by atoms with van der Waals surface area (Å²) in [5.41, 5.74) is 0.212. The van der Waals surface area contributed by atoms with Crippen LogP contribution in [0.25, 0.3) is 0 Å². The second-order valence-corrected chi connectivity index (χ2v) is 4.02. The lowest BCUT2D eigenvalue weighted by Crippen LogP contribution is -2.51. The number of hydrogen-bond donors (Lipinski definition) is 3. The number of carbonyl (C=O) groups is 1. The Labute approximate surface area is 94.1 Å². The summed E-state index contributed by atoms with van der Waals surface area (Å²) in [6.07, 6.45) is 1.46. The molecule has 5 nitrogen and oxygen atoms in total. The Bertz CT molecular complexity index is 358. The Hall–Kier alpha value is -1.46. The first-order chi connectivity index (χ1) is 7.50. The number of amides is 1. The van der Waals surface area contributed by atoms with Gasteiger partial charge in [0.15, 0.2) is 0 Å². The standard InChI is InChI=1S/C11H16N2O3/c1-8-3-4-9(5-12-8)10(16)13-11(2,6-14)7-15/h3-5,14-15H,6-7H2,1-2H3,(H,13,16). The highest BCUT2D eigenvalue weighted by atomic mass is 16.3. The molecule has 1 amide bonds. The number of nitrogens with one attached hydrogen (secondary N) is 1. The fourth-order valence-corrected chi connectivity index (χ4v) is 1.08. The van der Waals surface area contributed by atoms with Crippen LogP contribution in [0.3, 0.4) is 0 Å². The van der Waals surface area contributed by atoms with Crippen molar-refractivity contribution in [2.24, 2.45) is 0 Å². The lowest BCUT2D eigenvalue weighted by Gasteiger charge is -2.26. The number of aryl methyl sites for hydroxylation is 1. The second-order valence-electron chi connectivity index (χ2n) is 4.02. The molecule has 3 N–H and O–H groups in total. The molecule has 1 aromatic heterocycles. The van der Waals surface area contributed by atoms with Gasteiger partial charge in [0.2, 0.25) is 0 Å². The maximum Gasteiger partial charge on any atom is 0.253 e. The summed E-state index contributed by atoms with van der Waals surface area (Å²) in [6, 6.07) is 3.37. The first-order valence-electron chi connectivity index (χ1n) is 4.97. The summed E-state index contributed by atoms with van der Waals surface area (Å²) >= 11 is 0. The van der Waals surface area contributed by atoms with Crippen molar-refractivity contribution in [3.63, 3.8) is 0 Å². The summed E-state index contributed by atoms with van der Waals surface area (Å²) < 4.78 is 0. The minimum atomic E-state index is -1.01. The van der Waals surface area contributed by atoms with Gasteiger partial charge in [0.25, 0.3) is 5.91 Å². The summed E-state index contributed by atoms with van der Waals surface area (Å²) in [7, 11) is 0. The maximum absolute atomic E-state index is 11.7. The van der Waals surface area contributed by atoms with Crippen LogP contribution in [0.2, 0.25) is 0 Å². The van der Waals surface area contributed by atoms with Crippen molar-refractivity contribution in [1.82, 2.24) is 10.3 Å². The number of aliphatic hydroxyl groups is 2. The third-order valence-corrected chi connectivity index (χ3v) is 2.29. The van der Waals surface area contributed by atoms with Gasteiger partial charge in [-0.15, -0.1) is 0 Å². The summed E-state index contributed by atoms with van der Waals surface area (Å²) in [5.74, 6) is -0.363. The molecule has 0 atom stereocenters. The first kappa shape index (κ1) is 12.6. The van der Waals surface area contributed by atoms with Crippen LogP contribution >= 0.6 is 0 Å². The quantitative estimate of drug-likeness (QED) is 0.665. The van der Waals surface area contributed by atoms with Crippen LogP contribution in [0.4, 0.5) is 0 Å². The van der Waals surface area contributed by atoms with Crippen molar-refractivity contribution < 1.29 is 15.0 Å². The van der Waals surface area contributed by atoms with Gasteiger partial charge in [-0.25, -0.2) is 0 Å². The fourth-order valence-electron chi connectivity index (χ4n) is 1.08.